The van der Waals surface area contributed by atoms with E-state index in [0.717, 1.165) is 32.0 Å². The van der Waals surface area contributed by atoms with E-state index < -0.39 is 5.97 Å². The molecule has 2 heterocycles. The standard InChI is InChI=1S/C17H26N4O2/c1-20(14-5-3-2-4-6-14)15-7-9-21(10-8-15)17-18-11-13(12-19-17)16(22)23/h11-12,14-15H,2-10H2,1H3,(H,22,23). The summed E-state index contributed by atoms with van der Waals surface area (Å²) in [6.45, 7) is 1.88. The van der Waals surface area contributed by atoms with Crippen LogP contribution in [0.5, 0.6) is 0 Å². The third-order valence-electron chi connectivity index (χ3n) is 5.36. The monoisotopic (exact) mass is 318 g/mol. The third kappa shape index (κ3) is 3.80. The van der Waals surface area contributed by atoms with E-state index in [1.807, 2.05) is 0 Å². The molecule has 0 bridgehead atoms. The molecular weight excluding hydrogens is 292 g/mol. The third-order valence-corrected chi connectivity index (χ3v) is 5.36. The van der Waals surface area contributed by atoms with Crippen molar-refractivity contribution in [1.29, 1.82) is 0 Å². The Kier molecular flexibility index (Phi) is 5.10. The molecule has 1 aromatic heterocycles. The molecule has 1 saturated carbocycles. The van der Waals surface area contributed by atoms with Gasteiger partial charge < -0.3 is 14.9 Å². The number of piperidine rings is 1. The van der Waals surface area contributed by atoms with Crippen molar-refractivity contribution in [3.63, 3.8) is 0 Å². The van der Waals surface area contributed by atoms with Gasteiger partial charge in [0, 0.05) is 37.6 Å². The second-order valence-corrected chi connectivity index (χ2v) is 6.75. The highest BCUT2D eigenvalue weighted by molar-refractivity contribution is 5.86. The Bertz CT molecular complexity index is 520. The van der Waals surface area contributed by atoms with E-state index in [0.29, 0.717) is 12.0 Å². The predicted molar refractivity (Wildman–Crippen MR) is 88.9 cm³/mol. The number of hydrogen-bond donors (Lipinski definition) is 1. The van der Waals surface area contributed by atoms with Gasteiger partial charge in [-0.2, -0.15) is 0 Å². The Hall–Kier alpha value is -1.69. The molecule has 1 aromatic rings. The summed E-state index contributed by atoms with van der Waals surface area (Å²) >= 11 is 0. The summed E-state index contributed by atoms with van der Waals surface area (Å²) in [5.41, 5.74) is 0.140. The smallest absolute Gasteiger partial charge is 0.338 e. The number of aromatic nitrogens is 2. The van der Waals surface area contributed by atoms with Gasteiger partial charge in [0.25, 0.3) is 0 Å². The highest BCUT2D eigenvalue weighted by Crippen LogP contribution is 2.27. The SMILES string of the molecule is CN(C1CCCCC1)C1CCN(c2ncc(C(=O)O)cn2)CC1. The van der Waals surface area contributed by atoms with Crippen LogP contribution in [-0.4, -0.2) is 58.2 Å². The lowest BCUT2D eigenvalue weighted by atomic mass is 9.92. The summed E-state index contributed by atoms with van der Waals surface area (Å²) < 4.78 is 0. The molecule has 0 spiro atoms. The summed E-state index contributed by atoms with van der Waals surface area (Å²) in [7, 11) is 2.29. The lowest BCUT2D eigenvalue weighted by molar-refractivity contribution is 0.0696. The zero-order valence-electron chi connectivity index (χ0n) is 13.8. The normalized spacial score (nSPS) is 20.9. The Morgan fingerprint density at radius 2 is 1.65 bits per heavy atom. The van der Waals surface area contributed by atoms with Crippen molar-refractivity contribution >= 4 is 11.9 Å². The van der Waals surface area contributed by atoms with Crippen LogP contribution in [0.4, 0.5) is 5.95 Å². The Morgan fingerprint density at radius 1 is 1.09 bits per heavy atom. The van der Waals surface area contributed by atoms with Crippen molar-refractivity contribution in [2.45, 2.75) is 57.0 Å². The lowest BCUT2D eigenvalue weighted by Crippen LogP contribution is -2.48. The van der Waals surface area contributed by atoms with Gasteiger partial charge in [-0.15, -0.1) is 0 Å². The van der Waals surface area contributed by atoms with Crippen molar-refractivity contribution in [1.82, 2.24) is 14.9 Å². The summed E-state index contributed by atoms with van der Waals surface area (Å²) in [5, 5.41) is 8.91. The van der Waals surface area contributed by atoms with Crippen LogP contribution < -0.4 is 4.90 Å². The minimum Gasteiger partial charge on any atom is -0.478 e. The summed E-state index contributed by atoms with van der Waals surface area (Å²) in [4.78, 5) is 24.0. The molecule has 1 N–H and O–H groups in total. The number of carboxylic acids is 1. The van der Waals surface area contributed by atoms with Crippen LogP contribution in [-0.2, 0) is 0 Å². The first-order valence-corrected chi connectivity index (χ1v) is 8.67. The van der Waals surface area contributed by atoms with E-state index >= 15 is 0 Å². The fourth-order valence-corrected chi connectivity index (χ4v) is 3.85. The molecule has 3 rings (SSSR count). The average molecular weight is 318 g/mol. The van der Waals surface area contributed by atoms with Crippen LogP contribution in [0.2, 0.25) is 0 Å². The van der Waals surface area contributed by atoms with E-state index in [1.165, 1.54) is 44.5 Å². The molecule has 0 unspecified atom stereocenters. The lowest BCUT2D eigenvalue weighted by Gasteiger charge is -2.41. The van der Waals surface area contributed by atoms with E-state index in [2.05, 4.69) is 26.8 Å². The molecule has 0 aromatic carbocycles. The topological polar surface area (TPSA) is 69.6 Å². The zero-order valence-corrected chi connectivity index (χ0v) is 13.8. The molecule has 6 heteroatoms. The fraction of sp³-hybridized carbons (Fsp3) is 0.706. The molecule has 23 heavy (non-hydrogen) atoms. The molecule has 1 aliphatic heterocycles. The quantitative estimate of drug-likeness (QED) is 0.919. The van der Waals surface area contributed by atoms with Gasteiger partial charge in [-0.05, 0) is 32.7 Å². The van der Waals surface area contributed by atoms with Crippen LogP contribution in [0, 0.1) is 0 Å². The number of carboxylic acid groups (broad SMARTS) is 1. The molecule has 0 radical (unpaired) electrons. The number of anilines is 1. The van der Waals surface area contributed by atoms with Crippen molar-refractivity contribution in [3.8, 4) is 0 Å². The molecule has 0 amide bonds. The van der Waals surface area contributed by atoms with Crippen molar-refractivity contribution in [2.24, 2.45) is 0 Å². The highest BCUT2D eigenvalue weighted by Gasteiger charge is 2.28. The van der Waals surface area contributed by atoms with Crippen LogP contribution in [0.25, 0.3) is 0 Å². The zero-order chi connectivity index (χ0) is 16.2. The van der Waals surface area contributed by atoms with Gasteiger partial charge in [0.1, 0.15) is 0 Å². The highest BCUT2D eigenvalue weighted by atomic mass is 16.4. The molecular formula is C17H26N4O2. The van der Waals surface area contributed by atoms with Gasteiger partial charge in [-0.1, -0.05) is 19.3 Å². The van der Waals surface area contributed by atoms with E-state index in [9.17, 15) is 4.79 Å². The van der Waals surface area contributed by atoms with Gasteiger partial charge in [0.2, 0.25) is 5.95 Å². The molecule has 1 aliphatic carbocycles. The van der Waals surface area contributed by atoms with E-state index in [1.54, 1.807) is 0 Å². The Morgan fingerprint density at radius 3 is 2.22 bits per heavy atom. The van der Waals surface area contributed by atoms with Crippen LogP contribution in [0.1, 0.15) is 55.3 Å². The largest absolute Gasteiger partial charge is 0.478 e. The first kappa shape index (κ1) is 16.2. The maximum absolute atomic E-state index is 10.9. The van der Waals surface area contributed by atoms with Crippen LogP contribution in [0.3, 0.4) is 0 Å². The minimum absolute atomic E-state index is 0.140. The summed E-state index contributed by atoms with van der Waals surface area (Å²) in [6.07, 6.45) is 11.9. The number of nitrogens with zero attached hydrogens (tertiary/aromatic N) is 4. The molecule has 6 nitrogen and oxygen atoms in total. The number of rotatable bonds is 4. The van der Waals surface area contributed by atoms with Crippen molar-refractivity contribution < 1.29 is 9.90 Å². The molecule has 0 atom stereocenters. The van der Waals surface area contributed by atoms with Gasteiger partial charge in [0.15, 0.2) is 0 Å². The molecule has 2 aliphatic rings. The maximum atomic E-state index is 10.9. The second kappa shape index (κ2) is 7.25. The van der Waals surface area contributed by atoms with Crippen molar-refractivity contribution in [2.75, 3.05) is 25.0 Å². The van der Waals surface area contributed by atoms with Gasteiger partial charge in [-0.3, -0.25) is 0 Å². The Balaban J connectivity index is 1.54. The van der Waals surface area contributed by atoms with Crippen LogP contribution >= 0.6 is 0 Å². The molecule has 1 saturated heterocycles. The summed E-state index contributed by atoms with van der Waals surface area (Å²) in [6, 6.07) is 1.40. The first-order chi connectivity index (χ1) is 11.1. The van der Waals surface area contributed by atoms with Crippen LogP contribution in [0.15, 0.2) is 12.4 Å². The molecule has 2 fully saturated rings. The number of aromatic carboxylic acids is 1. The predicted octanol–water partition coefficient (Wildman–Crippen LogP) is 2.41. The average Bonchev–Trinajstić information content (AvgIpc) is 2.62. The minimum atomic E-state index is -0.982. The van der Waals surface area contributed by atoms with E-state index in [4.69, 9.17) is 5.11 Å². The second-order valence-electron chi connectivity index (χ2n) is 6.75. The van der Waals surface area contributed by atoms with Gasteiger partial charge in [0.05, 0.1) is 5.56 Å². The van der Waals surface area contributed by atoms with E-state index in [-0.39, 0.29) is 5.56 Å². The summed E-state index contributed by atoms with van der Waals surface area (Å²) in [5.74, 6) is -0.335. The number of hydrogen-bond acceptors (Lipinski definition) is 5. The van der Waals surface area contributed by atoms with Gasteiger partial charge in [-0.25, -0.2) is 14.8 Å². The maximum Gasteiger partial charge on any atom is 0.338 e. The molecule has 126 valence electrons. The fourth-order valence-electron chi connectivity index (χ4n) is 3.85. The first-order valence-electron chi connectivity index (χ1n) is 8.67. The number of carbonyl (C=O) groups is 1. The van der Waals surface area contributed by atoms with Crippen molar-refractivity contribution in [3.05, 3.63) is 18.0 Å². The Labute approximate surface area is 137 Å². The van der Waals surface area contributed by atoms with Gasteiger partial charge >= 0.3 is 5.97 Å².